The summed E-state index contributed by atoms with van der Waals surface area (Å²) in [6, 6.07) is 12.7. The van der Waals surface area contributed by atoms with Crippen LogP contribution in [0.15, 0.2) is 42.5 Å². The zero-order chi connectivity index (χ0) is 14.5. The van der Waals surface area contributed by atoms with Crippen molar-refractivity contribution in [2.45, 2.75) is 6.92 Å². The fourth-order valence-corrected chi connectivity index (χ4v) is 2.07. The van der Waals surface area contributed by atoms with Crippen LogP contribution in [0.4, 0.5) is 11.4 Å². The maximum absolute atomic E-state index is 11.9. The Labute approximate surface area is 127 Å². The van der Waals surface area contributed by atoms with Gasteiger partial charge in [0.2, 0.25) is 5.91 Å². The summed E-state index contributed by atoms with van der Waals surface area (Å²) >= 11 is 11.9. The molecule has 0 aliphatic rings. The molecule has 5 heteroatoms. The van der Waals surface area contributed by atoms with E-state index in [1.807, 2.05) is 31.2 Å². The molecule has 0 heterocycles. The second-order valence-corrected chi connectivity index (χ2v) is 5.18. The average molecular weight is 309 g/mol. The molecule has 3 nitrogen and oxygen atoms in total. The summed E-state index contributed by atoms with van der Waals surface area (Å²) in [6.45, 7) is 2.14. The molecular formula is C15H14Cl2N2O. The van der Waals surface area contributed by atoms with Crippen molar-refractivity contribution in [3.05, 3.63) is 58.1 Å². The molecule has 0 atom stereocenters. The van der Waals surface area contributed by atoms with E-state index in [9.17, 15) is 4.79 Å². The van der Waals surface area contributed by atoms with Gasteiger partial charge >= 0.3 is 0 Å². The summed E-state index contributed by atoms with van der Waals surface area (Å²) in [5.74, 6) is -0.183. The van der Waals surface area contributed by atoms with E-state index in [0.29, 0.717) is 15.7 Å². The molecule has 0 aromatic heterocycles. The lowest BCUT2D eigenvalue weighted by atomic mass is 10.2. The number of carbonyl (C=O) groups is 1. The average Bonchev–Trinajstić information content (AvgIpc) is 2.42. The number of rotatable bonds is 4. The molecule has 0 saturated heterocycles. The minimum Gasteiger partial charge on any atom is -0.376 e. The third kappa shape index (κ3) is 3.89. The van der Waals surface area contributed by atoms with Crippen molar-refractivity contribution in [2.24, 2.45) is 0 Å². The van der Waals surface area contributed by atoms with E-state index < -0.39 is 0 Å². The Hall–Kier alpha value is -1.71. The maximum Gasteiger partial charge on any atom is 0.243 e. The van der Waals surface area contributed by atoms with E-state index in [1.165, 1.54) is 0 Å². The lowest BCUT2D eigenvalue weighted by Crippen LogP contribution is -2.22. The van der Waals surface area contributed by atoms with Gasteiger partial charge in [-0.3, -0.25) is 4.79 Å². The predicted molar refractivity (Wildman–Crippen MR) is 84.8 cm³/mol. The molecule has 0 saturated carbocycles. The van der Waals surface area contributed by atoms with Crippen LogP contribution in [0, 0.1) is 6.92 Å². The third-order valence-corrected chi connectivity index (χ3v) is 3.35. The van der Waals surface area contributed by atoms with Crippen LogP contribution in [0.3, 0.4) is 0 Å². The van der Waals surface area contributed by atoms with Crippen molar-refractivity contribution >= 4 is 40.5 Å². The summed E-state index contributed by atoms with van der Waals surface area (Å²) < 4.78 is 0. The fraction of sp³-hybridized carbons (Fsp3) is 0.133. The number of benzene rings is 2. The summed E-state index contributed by atoms with van der Waals surface area (Å²) in [4.78, 5) is 11.9. The van der Waals surface area contributed by atoms with Crippen LogP contribution in [0.1, 0.15) is 5.56 Å². The van der Waals surface area contributed by atoms with Gasteiger partial charge in [-0.2, -0.15) is 0 Å². The van der Waals surface area contributed by atoms with Gasteiger partial charge in [0.1, 0.15) is 0 Å². The first-order valence-corrected chi connectivity index (χ1v) is 6.86. The number of amides is 1. The van der Waals surface area contributed by atoms with Crippen LogP contribution in [-0.4, -0.2) is 12.5 Å². The van der Waals surface area contributed by atoms with Crippen LogP contribution in [0.25, 0.3) is 0 Å². The topological polar surface area (TPSA) is 41.1 Å². The van der Waals surface area contributed by atoms with Crippen molar-refractivity contribution in [2.75, 3.05) is 17.2 Å². The van der Waals surface area contributed by atoms with Gasteiger partial charge in [-0.05, 0) is 36.8 Å². The van der Waals surface area contributed by atoms with Gasteiger partial charge in [-0.25, -0.2) is 0 Å². The number of aryl methyl sites for hydroxylation is 1. The number of halogens is 2. The molecule has 2 N–H and O–H groups in total. The minimum absolute atomic E-state index is 0.160. The van der Waals surface area contributed by atoms with Gasteiger partial charge < -0.3 is 10.6 Å². The largest absolute Gasteiger partial charge is 0.376 e. The molecule has 0 aliphatic heterocycles. The molecular weight excluding hydrogens is 295 g/mol. The zero-order valence-electron chi connectivity index (χ0n) is 10.9. The van der Waals surface area contributed by atoms with Crippen LogP contribution >= 0.6 is 23.2 Å². The molecule has 0 aliphatic carbocycles. The predicted octanol–water partition coefficient (Wildman–Crippen LogP) is 4.35. The van der Waals surface area contributed by atoms with Crippen molar-refractivity contribution in [1.82, 2.24) is 0 Å². The van der Waals surface area contributed by atoms with Crippen molar-refractivity contribution in [3.8, 4) is 0 Å². The molecule has 0 spiro atoms. The molecule has 104 valence electrons. The number of hydrogen-bond donors (Lipinski definition) is 2. The van der Waals surface area contributed by atoms with Gasteiger partial charge in [0.25, 0.3) is 0 Å². The first-order chi connectivity index (χ1) is 9.56. The van der Waals surface area contributed by atoms with Gasteiger partial charge in [-0.1, -0.05) is 41.4 Å². The van der Waals surface area contributed by atoms with E-state index in [1.54, 1.807) is 18.2 Å². The molecule has 20 heavy (non-hydrogen) atoms. The summed E-state index contributed by atoms with van der Waals surface area (Å²) in [6.07, 6.45) is 0. The highest BCUT2D eigenvalue weighted by molar-refractivity contribution is 6.35. The summed E-state index contributed by atoms with van der Waals surface area (Å²) in [5.41, 5.74) is 2.52. The molecule has 0 unspecified atom stereocenters. The lowest BCUT2D eigenvalue weighted by Gasteiger charge is -2.11. The van der Waals surface area contributed by atoms with Gasteiger partial charge in [0.05, 0.1) is 17.3 Å². The highest BCUT2D eigenvalue weighted by Crippen LogP contribution is 2.25. The number of para-hydroxylation sites is 1. The Balaban J connectivity index is 1.96. The van der Waals surface area contributed by atoms with E-state index in [2.05, 4.69) is 10.6 Å². The highest BCUT2D eigenvalue weighted by atomic mass is 35.5. The lowest BCUT2D eigenvalue weighted by molar-refractivity contribution is -0.114. The Morgan fingerprint density at radius 2 is 1.85 bits per heavy atom. The first-order valence-electron chi connectivity index (χ1n) is 6.10. The summed E-state index contributed by atoms with van der Waals surface area (Å²) in [7, 11) is 0. The molecule has 1 amide bonds. The maximum atomic E-state index is 11.9. The first kappa shape index (κ1) is 14.7. The Kier molecular flexibility index (Phi) is 4.88. The second-order valence-electron chi connectivity index (χ2n) is 4.34. The molecule has 0 bridgehead atoms. The fourth-order valence-electron chi connectivity index (χ4n) is 1.73. The van der Waals surface area contributed by atoms with Gasteiger partial charge in [0.15, 0.2) is 0 Å². The Morgan fingerprint density at radius 1 is 1.10 bits per heavy atom. The van der Waals surface area contributed by atoms with Crippen LogP contribution in [0.2, 0.25) is 10.0 Å². The van der Waals surface area contributed by atoms with Gasteiger partial charge in [-0.15, -0.1) is 0 Å². The molecule has 2 rings (SSSR count). The van der Waals surface area contributed by atoms with E-state index in [0.717, 1.165) is 11.3 Å². The van der Waals surface area contributed by atoms with E-state index in [4.69, 9.17) is 23.2 Å². The Bertz CT molecular complexity index is 629. The number of anilines is 2. The van der Waals surface area contributed by atoms with Crippen LogP contribution in [0.5, 0.6) is 0 Å². The standard InChI is InChI=1S/C15H14Cl2N2O/c1-10-4-2-3-5-13(10)18-9-15(20)19-14-8-11(16)6-7-12(14)17/h2-8,18H,9H2,1H3,(H,19,20). The molecule has 0 fully saturated rings. The zero-order valence-corrected chi connectivity index (χ0v) is 12.4. The normalized spacial score (nSPS) is 10.2. The highest BCUT2D eigenvalue weighted by Gasteiger charge is 2.07. The Morgan fingerprint density at radius 3 is 2.60 bits per heavy atom. The number of nitrogens with one attached hydrogen (secondary N) is 2. The SMILES string of the molecule is Cc1ccccc1NCC(=O)Nc1cc(Cl)ccc1Cl. The molecule has 2 aromatic carbocycles. The molecule has 0 radical (unpaired) electrons. The van der Waals surface area contributed by atoms with Crippen molar-refractivity contribution in [1.29, 1.82) is 0 Å². The van der Waals surface area contributed by atoms with Crippen LogP contribution in [-0.2, 0) is 4.79 Å². The van der Waals surface area contributed by atoms with Crippen LogP contribution < -0.4 is 10.6 Å². The third-order valence-electron chi connectivity index (χ3n) is 2.79. The number of carbonyl (C=O) groups excluding carboxylic acids is 1. The minimum atomic E-state index is -0.183. The monoisotopic (exact) mass is 308 g/mol. The van der Waals surface area contributed by atoms with E-state index >= 15 is 0 Å². The molecule has 2 aromatic rings. The van der Waals surface area contributed by atoms with Crippen molar-refractivity contribution in [3.63, 3.8) is 0 Å². The second kappa shape index (κ2) is 6.64. The summed E-state index contributed by atoms with van der Waals surface area (Å²) in [5, 5.41) is 6.78. The van der Waals surface area contributed by atoms with Gasteiger partial charge in [0, 0.05) is 10.7 Å². The quantitative estimate of drug-likeness (QED) is 0.881. The number of hydrogen-bond acceptors (Lipinski definition) is 2. The smallest absolute Gasteiger partial charge is 0.243 e. The van der Waals surface area contributed by atoms with E-state index in [-0.39, 0.29) is 12.5 Å². The van der Waals surface area contributed by atoms with Crippen molar-refractivity contribution < 1.29 is 4.79 Å².